The second-order valence-corrected chi connectivity index (χ2v) is 4.91. The molecule has 0 spiro atoms. The predicted molar refractivity (Wildman–Crippen MR) is 77.0 cm³/mol. The van der Waals surface area contributed by atoms with Crippen LogP contribution in [0.3, 0.4) is 0 Å². The Bertz CT molecular complexity index is 443. The first kappa shape index (κ1) is 16.3. The van der Waals surface area contributed by atoms with Crippen LogP contribution in [0.4, 0.5) is 0 Å². The Morgan fingerprint density at radius 1 is 1.30 bits per heavy atom. The number of amides is 1. The molecule has 112 valence electrons. The van der Waals surface area contributed by atoms with Crippen LogP contribution in [-0.4, -0.2) is 30.8 Å². The van der Waals surface area contributed by atoms with Gasteiger partial charge in [-0.05, 0) is 38.5 Å². The molecular formula is C15H23NO4. The molecule has 1 aromatic carbocycles. The molecule has 0 radical (unpaired) electrons. The Kier molecular flexibility index (Phi) is 6.31. The van der Waals surface area contributed by atoms with E-state index in [1.165, 1.54) is 0 Å². The van der Waals surface area contributed by atoms with Crippen molar-refractivity contribution in [3.8, 4) is 11.5 Å². The number of hydrogen-bond acceptors (Lipinski definition) is 4. The van der Waals surface area contributed by atoms with Crippen molar-refractivity contribution >= 4 is 5.91 Å². The third kappa shape index (κ3) is 5.09. The highest BCUT2D eigenvalue weighted by atomic mass is 16.5. The summed E-state index contributed by atoms with van der Waals surface area (Å²) in [5.41, 5.74) is 0.756. The molecule has 5 heteroatoms. The molecule has 1 aromatic rings. The number of nitrogens with one attached hydrogen (secondary N) is 1. The molecule has 0 aromatic heterocycles. The van der Waals surface area contributed by atoms with Gasteiger partial charge in [-0.15, -0.1) is 0 Å². The SMILES string of the molecule is COc1cc([C@@H](C)O)ccc1OCCC(=O)NC(C)C. The fraction of sp³-hybridized carbons (Fsp3) is 0.533. The molecule has 1 rings (SSSR count). The lowest BCUT2D eigenvalue weighted by Crippen LogP contribution is -2.31. The quantitative estimate of drug-likeness (QED) is 0.802. The molecule has 0 aliphatic carbocycles. The number of benzene rings is 1. The summed E-state index contributed by atoms with van der Waals surface area (Å²) in [6, 6.07) is 5.37. The molecule has 1 atom stereocenters. The topological polar surface area (TPSA) is 67.8 Å². The molecule has 0 bridgehead atoms. The molecular weight excluding hydrogens is 258 g/mol. The molecule has 5 nitrogen and oxygen atoms in total. The van der Waals surface area contributed by atoms with Gasteiger partial charge in [0.1, 0.15) is 0 Å². The van der Waals surface area contributed by atoms with E-state index in [4.69, 9.17) is 9.47 Å². The Hall–Kier alpha value is -1.75. The van der Waals surface area contributed by atoms with Gasteiger partial charge < -0.3 is 19.9 Å². The van der Waals surface area contributed by atoms with Crippen molar-refractivity contribution in [1.29, 1.82) is 0 Å². The van der Waals surface area contributed by atoms with Crippen molar-refractivity contribution in [2.75, 3.05) is 13.7 Å². The third-order valence-corrected chi connectivity index (χ3v) is 2.71. The zero-order chi connectivity index (χ0) is 15.1. The minimum atomic E-state index is -0.560. The lowest BCUT2D eigenvalue weighted by Gasteiger charge is -2.13. The summed E-state index contributed by atoms with van der Waals surface area (Å²) in [7, 11) is 1.54. The monoisotopic (exact) mass is 281 g/mol. The Morgan fingerprint density at radius 3 is 2.55 bits per heavy atom. The Balaban J connectivity index is 2.57. The average molecular weight is 281 g/mol. The van der Waals surface area contributed by atoms with E-state index in [0.29, 0.717) is 17.9 Å². The summed E-state index contributed by atoms with van der Waals surface area (Å²) in [6.07, 6.45) is -0.269. The summed E-state index contributed by atoms with van der Waals surface area (Å²) >= 11 is 0. The summed E-state index contributed by atoms with van der Waals surface area (Å²) in [6.45, 7) is 5.79. The van der Waals surface area contributed by atoms with Crippen LogP contribution in [0.25, 0.3) is 0 Å². The molecule has 0 fully saturated rings. The third-order valence-electron chi connectivity index (χ3n) is 2.71. The van der Waals surface area contributed by atoms with Crippen LogP contribution in [-0.2, 0) is 4.79 Å². The fourth-order valence-electron chi connectivity index (χ4n) is 1.71. The van der Waals surface area contributed by atoms with Crippen LogP contribution in [0.2, 0.25) is 0 Å². The van der Waals surface area contributed by atoms with E-state index in [9.17, 15) is 9.90 Å². The normalized spacial score (nSPS) is 12.1. The number of methoxy groups -OCH3 is 1. The molecule has 1 amide bonds. The van der Waals surface area contributed by atoms with E-state index in [2.05, 4.69) is 5.32 Å². The lowest BCUT2D eigenvalue weighted by atomic mass is 10.1. The van der Waals surface area contributed by atoms with Gasteiger partial charge in [0.05, 0.1) is 26.2 Å². The van der Waals surface area contributed by atoms with Gasteiger partial charge in [0, 0.05) is 6.04 Å². The van der Waals surface area contributed by atoms with Gasteiger partial charge >= 0.3 is 0 Å². The summed E-state index contributed by atoms with van der Waals surface area (Å²) in [5, 5.41) is 12.3. The minimum Gasteiger partial charge on any atom is -0.493 e. The van der Waals surface area contributed by atoms with E-state index in [1.807, 2.05) is 13.8 Å². The van der Waals surface area contributed by atoms with Crippen molar-refractivity contribution in [3.05, 3.63) is 23.8 Å². The van der Waals surface area contributed by atoms with Crippen LogP contribution in [0.1, 0.15) is 38.9 Å². The number of aliphatic hydroxyl groups is 1. The van der Waals surface area contributed by atoms with Crippen molar-refractivity contribution in [3.63, 3.8) is 0 Å². The van der Waals surface area contributed by atoms with E-state index in [1.54, 1.807) is 32.2 Å². The Labute approximate surface area is 119 Å². The summed E-state index contributed by atoms with van der Waals surface area (Å²) in [4.78, 5) is 11.5. The van der Waals surface area contributed by atoms with Gasteiger partial charge in [0.15, 0.2) is 11.5 Å². The highest BCUT2D eigenvalue weighted by Crippen LogP contribution is 2.30. The maximum absolute atomic E-state index is 11.5. The highest BCUT2D eigenvalue weighted by Gasteiger charge is 2.10. The standard InChI is InChI=1S/C15H23NO4/c1-10(2)16-15(18)7-8-20-13-6-5-12(11(3)17)9-14(13)19-4/h5-6,9-11,17H,7-8H2,1-4H3,(H,16,18)/t11-/m1/s1. The largest absolute Gasteiger partial charge is 0.493 e. The van der Waals surface area contributed by atoms with E-state index < -0.39 is 6.10 Å². The van der Waals surface area contributed by atoms with Crippen molar-refractivity contribution in [2.24, 2.45) is 0 Å². The van der Waals surface area contributed by atoms with Crippen LogP contribution < -0.4 is 14.8 Å². The molecule has 0 aliphatic rings. The zero-order valence-electron chi connectivity index (χ0n) is 12.5. The fourth-order valence-corrected chi connectivity index (χ4v) is 1.71. The number of carbonyl (C=O) groups is 1. The van der Waals surface area contributed by atoms with E-state index in [-0.39, 0.29) is 18.6 Å². The van der Waals surface area contributed by atoms with Crippen molar-refractivity contribution in [2.45, 2.75) is 39.3 Å². The minimum absolute atomic E-state index is 0.0421. The molecule has 2 N–H and O–H groups in total. The van der Waals surface area contributed by atoms with Crippen molar-refractivity contribution in [1.82, 2.24) is 5.32 Å². The smallest absolute Gasteiger partial charge is 0.223 e. The molecule has 0 aliphatic heterocycles. The Morgan fingerprint density at radius 2 is 2.00 bits per heavy atom. The van der Waals surface area contributed by atoms with Crippen LogP contribution in [0.15, 0.2) is 18.2 Å². The molecule has 0 saturated heterocycles. The summed E-state index contributed by atoms with van der Waals surface area (Å²) in [5.74, 6) is 1.07. The van der Waals surface area contributed by atoms with Crippen molar-refractivity contribution < 1.29 is 19.4 Å². The number of carbonyl (C=O) groups excluding carboxylic acids is 1. The second kappa shape index (κ2) is 7.75. The first-order valence-corrected chi connectivity index (χ1v) is 6.72. The van der Waals surface area contributed by atoms with E-state index in [0.717, 1.165) is 5.56 Å². The summed E-state index contributed by atoms with van der Waals surface area (Å²) < 4.78 is 10.8. The maximum Gasteiger partial charge on any atom is 0.223 e. The molecule has 0 saturated carbocycles. The predicted octanol–water partition coefficient (Wildman–Crippen LogP) is 2.04. The van der Waals surface area contributed by atoms with Crippen LogP contribution in [0, 0.1) is 0 Å². The highest BCUT2D eigenvalue weighted by molar-refractivity contribution is 5.76. The number of rotatable bonds is 7. The molecule has 20 heavy (non-hydrogen) atoms. The average Bonchev–Trinajstić information content (AvgIpc) is 2.37. The molecule has 0 unspecified atom stereocenters. The van der Waals surface area contributed by atoms with E-state index >= 15 is 0 Å². The van der Waals surface area contributed by atoms with Gasteiger partial charge in [-0.25, -0.2) is 0 Å². The lowest BCUT2D eigenvalue weighted by molar-refractivity contribution is -0.122. The van der Waals surface area contributed by atoms with Gasteiger partial charge in [-0.2, -0.15) is 0 Å². The first-order valence-electron chi connectivity index (χ1n) is 6.72. The number of aliphatic hydroxyl groups excluding tert-OH is 1. The van der Waals surface area contributed by atoms with Gasteiger partial charge in [-0.1, -0.05) is 6.07 Å². The maximum atomic E-state index is 11.5. The van der Waals surface area contributed by atoms with Gasteiger partial charge in [0.25, 0.3) is 0 Å². The van der Waals surface area contributed by atoms with Gasteiger partial charge in [0.2, 0.25) is 5.91 Å². The zero-order valence-corrected chi connectivity index (χ0v) is 12.5. The van der Waals surface area contributed by atoms with Crippen LogP contribution >= 0.6 is 0 Å². The first-order chi connectivity index (χ1) is 9.43. The van der Waals surface area contributed by atoms with Crippen LogP contribution in [0.5, 0.6) is 11.5 Å². The number of ether oxygens (including phenoxy) is 2. The number of hydrogen-bond donors (Lipinski definition) is 2. The second-order valence-electron chi connectivity index (χ2n) is 4.91. The molecule has 0 heterocycles. The van der Waals surface area contributed by atoms with Gasteiger partial charge in [-0.3, -0.25) is 4.79 Å².